The molecule has 2 heteroatoms. The van der Waals surface area contributed by atoms with Crippen molar-refractivity contribution in [2.75, 3.05) is 0 Å². The maximum atomic E-state index is 10.7. The van der Waals surface area contributed by atoms with Crippen molar-refractivity contribution in [3.05, 3.63) is 70.8 Å². The van der Waals surface area contributed by atoms with Crippen LogP contribution in [0, 0.1) is 16.2 Å². The van der Waals surface area contributed by atoms with Gasteiger partial charge in [-0.3, -0.25) is 4.79 Å². The molecule has 0 N–H and O–H groups in total. The lowest BCUT2D eigenvalue weighted by molar-refractivity contribution is -0.132. The number of fused-ring (bicyclic) bond motifs is 2. The Bertz CT molecular complexity index is 798. The highest BCUT2D eigenvalue weighted by Gasteiger charge is 2.57. The first-order valence-corrected chi connectivity index (χ1v) is 10.3. The minimum Gasteiger partial charge on any atom is -0.455 e. The van der Waals surface area contributed by atoms with Crippen molar-refractivity contribution in [3.8, 4) is 0 Å². The van der Waals surface area contributed by atoms with E-state index in [0.29, 0.717) is 22.7 Å². The van der Waals surface area contributed by atoms with Gasteiger partial charge in [0.2, 0.25) is 0 Å². The molecule has 1 saturated carbocycles. The van der Waals surface area contributed by atoms with Crippen molar-refractivity contribution in [3.63, 3.8) is 0 Å². The van der Waals surface area contributed by atoms with Gasteiger partial charge in [-0.25, -0.2) is 0 Å². The fourth-order valence-corrected chi connectivity index (χ4v) is 4.88. The Kier molecular flexibility index (Phi) is 5.44. The van der Waals surface area contributed by atoms with Crippen LogP contribution in [-0.2, 0) is 16.0 Å². The second kappa shape index (κ2) is 7.39. The summed E-state index contributed by atoms with van der Waals surface area (Å²) < 4.78 is 5.26. The highest BCUT2D eigenvalue weighted by Crippen LogP contribution is 2.67. The molecule has 2 aromatic carbocycles. The van der Waals surface area contributed by atoms with Crippen molar-refractivity contribution in [2.45, 2.75) is 66.9 Å². The number of carbonyl (C=O) groups is 1. The lowest BCUT2D eigenvalue weighted by atomic mass is 9.80. The van der Waals surface area contributed by atoms with E-state index in [0.717, 1.165) is 17.5 Å². The third kappa shape index (κ3) is 4.32. The molecule has 2 aliphatic carbocycles. The van der Waals surface area contributed by atoms with Gasteiger partial charge in [-0.05, 0) is 46.6 Å². The molecule has 0 bridgehead atoms. The van der Waals surface area contributed by atoms with Crippen molar-refractivity contribution in [1.29, 1.82) is 0 Å². The molecule has 0 spiro atoms. The molecule has 1 atom stereocenters. The smallest absolute Gasteiger partial charge is 0.294 e. The van der Waals surface area contributed by atoms with Gasteiger partial charge >= 0.3 is 0 Å². The molecule has 0 heterocycles. The summed E-state index contributed by atoms with van der Waals surface area (Å²) in [4.78, 5) is 10.7. The van der Waals surface area contributed by atoms with Crippen LogP contribution in [0.15, 0.2) is 48.5 Å². The van der Waals surface area contributed by atoms with Gasteiger partial charge in [-0.1, -0.05) is 90.1 Å². The zero-order chi connectivity index (χ0) is 20.6. The van der Waals surface area contributed by atoms with Crippen molar-refractivity contribution in [1.82, 2.24) is 0 Å². The van der Waals surface area contributed by atoms with Crippen LogP contribution in [0.4, 0.5) is 0 Å². The van der Waals surface area contributed by atoms with E-state index in [4.69, 9.17) is 4.74 Å². The molecule has 0 aliphatic heterocycles. The predicted octanol–water partition coefficient (Wildman–Crippen LogP) is 6.71. The van der Waals surface area contributed by atoms with Gasteiger partial charge in [-0.15, -0.1) is 0 Å². The van der Waals surface area contributed by atoms with Gasteiger partial charge in [0.05, 0.1) is 0 Å². The van der Waals surface area contributed by atoms with Gasteiger partial charge in [0.15, 0.2) is 6.10 Å². The third-order valence-electron chi connectivity index (χ3n) is 6.51. The van der Waals surface area contributed by atoms with Crippen molar-refractivity contribution in [2.24, 2.45) is 16.2 Å². The monoisotopic (exact) mass is 378 g/mol. The number of hydrogen-bond donors (Lipinski definition) is 0. The molecule has 2 nitrogen and oxygen atoms in total. The van der Waals surface area contributed by atoms with Gasteiger partial charge in [0.25, 0.3) is 6.47 Å². The van der Waals surface area contributed by atoms with Gasteiger partial charge in [0, 0.05) is 11.1 Å². The summed E-state index contributed by atoms with van der Waals surface area (Å²) in [6, 6.07) is 16.2. The Hall–Kier alpha value is -2.09. The van der Waals surface area contributed by atoms with Gasteiger partial charge in [-0.2, -0.15) is 0 Å². The summed E-state index contributed by atoms with van der Waals surface area (Å²) in [5, 5.41) is 0. The molecule has 150 valence electrons. The van der Waals surface area contributed by atoms with Crippen LogP contribution >= 0.6 is 0 Å². The second-order valence-electron chi connectivity index (χ2n) is 10.5. The SMILES string of the molecule is CC(C)(C)CC1(C)CC1(C)C.O=COC1c2ccccc2Cc2ccccc21. The normalized spacial score (nSPS) is 22.2. The van der Waals surface area contributed by atoms with Crippen molar-refractivity contribution >= 4 is 6.47 Å². The fourth-order valence-electron chi connectivity index (χ4n) is 4.88. The zero-order valence-corrected chi connectivity index (χ0v) is 18.2. The van der Waals surface area contributed by atoms with E-state index >= 15 is 0 Å². The Balaban J connectivity index is 0.000000178. The number of carbonyl (C=O) groups excluding carboxylic acids is 1. The van der Waals surface area contributed by atoms with E-state index in [1.165, 1.54) is 24.0 Å². The topological polar surface area (TPSA) is 26.3 Å². The first-order chi connectivity index (χ1) is 13.1. The summed E-state index contributed by atoms with van der Waals surface area (Å²) in [6.45, 7) is 14.8. The molecule has 2 aliphatic rings. The molecule has 1 unspecified atom stereocenters. The number of hydrogen-bond acceptors (Lipinski definition) is 2. The first-order valence-electron chi connectivity index (χ1n) is 10.3. The molecule has 28 heavy (non-hydrogen) atoms. The van der Waals surface area contributed by atoms with Crippen LogP contribution in [0.3, 0.4) is 0 Å². The van der Waals surface area contributed by atoms with Crippen LogP contribution < -0.4 is 0 Å². The predicted molar refractivity (Wildman–Crippen MR) is 115 cm³/mol. The molecule has 0 saturated heterocycles. The van der Waals surface area contributed by atoms with E-state index in [9.17, 15) is 4.79 Å². The zero-order valence-electron chi connectivity index (χ0n) is 18.2. The number of ether oxygens (including phenoxy) is 1. The summed E-state index contributed by atoms with van der Waals surface area (Å²) in [5.74, 6) is 0. The quantitative estimate of drug-likeness (QED) is 0.555. The Morgan fingerprint density at radius 3 is 1.79 bits per heavy atom. The molecular weight excluding hydrogens is 344 g/mol. The third-order valence-corrected chi connectivity index (χ3v) is 6.51. The average molecular weight is 379 g/mol. The van der Waals surface area contributed by atoms with E-state index in [1.807, 2.05) is 36.4 Å². The number of rotatable bonds is 3. The Labute approximate surface area is 170 Å². The Morgan fingerprint density at radius 1 is 0.964 bits per heavy atom. The summed E-state index contributed by atoms with van der Waals surface area (Å²) in [6.07, 6.45) is 3.43. The molecule has 1 fully saturated rings. The molecular formula is C26H34O2. The summed E-state index contributed by atoms with van der Waals surface area (Å²) >= 11 is 0. The van der Waals surface area contributed by atoms with Crippen LogP contribution in [0.2, 0.25) is 0 Å². The van der Waals surface area contributed by atoms with Crippen molar-refractivity contribution < 1.29 is 9.53 Å². The highest BCUT2D eigenvalue weighted by molar-refractivity contribution is 5.50. The standard InChI is InChI=1S/C15H12O2.C11H22/c16-10-17-15-13-7-3-1-5-11(13)9-12-6-2-4-8-14(12)15;1-9(2,3)7-11(6)8-10(11,4)5/h1-8,10,15H,9H2;7-8H2,1-6H3. The van der Waals surface area contributed by atoms with Crippen LogP contribution in [0.1, 0.15) is 82.7 Å². The van der Waals surface area contributed by atoms with Crippen LogP contribution in [0.5, 0.6) is 0 Å². The van der Waals surface area contributed by atoms with Crippen LogP contribution in [0.25, 0.3) is 0 Å². The summed E-state index contributed by atoms with van der Waals surface area (Å²) in [7, 11) is 0. The lowest BCUT2D eigenvalue weighted by Gasteiger charge is -2.26. The van der Waals surface area contributed by atoms with Gasteiger partial charge < -0.3 is 4.74 Å². The minimum atomic E-state index is -0.256. The van der Waals surface area contributed by atoms with E-state index in [2.05, 4.69) is 53.7 Å². The first kappa shape index (κ1) is 20.6. The molecule has 0 aromatic heterocycles. The average Bonchev–Trinajstić information content (AvgIpc) is 3.09. The largest absolute Gasteiger partial charge is 0.455 e. The second-order valence-corrected chi connectivity index (χ2v) is 10.5. The maximum absolute atomic E-state index is 10.7. The van der Waals surface area contributed by atoms with E-state index in [-0.39, 0.29) is 6.10 Å². The molecule has 0 radical (unpaired) electrons. The maximum Gasteiger partial charge on any atom is 0.294 e. The highest BCUT2D eigenvalue weighted by atomic mass is 16.5. The fraction of sp³-hybridized carbons (Fsp3) is 0.500. The van der Waals surface area contributed by atoms with Gasteiger partial charge in [0.1, 0.15) is 0 Å². The summed E-state index contributed by atoms with van der Waals surface area (Å²) in [5.41, 5.74) is 6.40. The molecule has 0 amide bonds. The minimum absolute atomic E-state index is 0.256. The lowest BCUT2D eigenvalue weighted by Crippen LogP contribution is -2.15. The molecule has 4 rings (SSSR count). The van der Waals surface area contributed by atoms with Crippen LogP contribution in [-0.4, -0.2) is 6.47 Å². The number of benzene rings is 2. The Morgan fingerprint density at radius 2 is 1.43 bits per heavy atom. The van der Waals surface area contributed by atoms with E-state index < -0.39 is 0 Å². The molecule has 2 aromatic rings. The van der Waals surface area contributed by atoms with E-state index in [1.54, 1.807) is 0 Å².